The highest BCUT2D eigenvalue weighted by Crippen LogP contribution is 2.33. The van der Waals surface area contributed by atoms with E-state index in [2.05, 4.69) is 20.7 Å². The summed E-state index contributed by atoms with van der Waals surface area (Å²) >= 11 is 0. The molecule has 0 bridgehead atoms. The van der Waals surface area contributed by atoms with Gasteiger partial charge in [-0.05, 0) is 105 Å². The fourth-order valence-electron chi connectivity index (χ4n) is 9.85. The van der Waals surface area contributed by atoms with E-state index in [1.54, 1.807) is 21.6 Å². The summed E-state index contributed by atoms with van der Waals surface area (Å²) < 4.78 is 49.0. The number of nitrogens with one attached hydrogen (secondary N) is 2. The lowest BCUT2D eigenvalue weighted by atomic mass is 10.0. The maximum atomic E-state index is 14.6. The monoisotopic (exact) mass is 1020 g/mol. The molecule has 20 nitrogen and oxygen atoms in total. The number of carbonyl (C=O) groups excluding carboxylic acids is 6. The number of pyridine rings is 1. The molecule has 9 rings (SSSR count). The second kappa shape index (κ2) is 21.2. The van der Waals surface area contributed by atoms with Crippen LogP contribution in [0.25, 0.3) is 11.4 Å². The molecule has 2 saturated heterocycles. The SMILES string of the molecule is CCc1c(N2CCN(C(=O)c3ncccc3O)CC2)c(=O)n2nc(C3=CCN(C(=O)CCCCCOc4ccc5c(c4)C(=O)N(C4CCC(=O)NC4=O)C5)CC3)nc2n1CC(=O)Nc1ccc(C(F)(F)F)cc1C. The van der Waals surface area contributed by atoms with E-state index >= 15 is 0 Å². The topological polar surface area (TPSA) is 234 Å². The summed E-state index contributed by atoms with van der Waals surface area (Å²) in [6, 6.07) is 10.5. The van der Waals surface area contributed by atoms with Gasteiger partial charge in [-0.2, -0.15) is 22.7 Å². The molecule has 7 heterocycles. The van der Waals surface area contributed by atoms with E-state index in [0.717, 1.165) is 22.2 Å². The third kappa shape index (κ3) is 10.5. The van der Waals surface area contributed by atoms with Gasteiger partial charge < -0.3 is 39.3 Å². The van der Waals surface area contributed by atoms with Gasteiger partial charge >= 0.3 is 6.18 Å². The number of imide groups is 1. The molecule has 0 spiro atoms. The molecule has 4 aliphatic rings. The second-order valence-corrected chi connectivity index (χ2v) is 18.6. The number of hydrogen-bond acceptors (Lipinski definition) is 13. The van der Waals surface area contributed by atoms with E-state index in [1.807, 2.05) is 24.0 Å². The number of rotatable bonds is 15. The first-order chi connectivity index (χ1) is 35.5. The molecule has 0 radical (unpaired) electrons. The van der Waals surface area contributed by atoms with Crippen molar-refractivity contribution in [1.29, 1.82) is 0 Å². The van der Waals surface area contributed by atoms with Gasteiger partial charge in [0.05, 0.1) is 17.9 Å². The molecule has 2 aromatic carbocycles. The normalized spacial score (nSPS) is 17.1. The molecule has 3 N–H and O–H groups in total. The van der Waals surface area contributed by atoms with E-state index in [-0.39, 0.29) is 123 Å². The summed E-state index contributed by atoms with van der Waals surface area (Å²) in [4.78, 5) is 108. The number of piperazine rings is 1. The summed E-state index contributed by atoms with van der Waals surface area (Å²) in [7, 11) is 0. The minimum atomic E-state index is -4.57. The molecule has 74 heavy (non-hydrogen) atoms. The third-order valence-corrected chi connectivity index (χ3v) is 13.8. The first-order valence-corrected chi connectivity index (χ1v) is 24.5. The van der Waals surface area contributed by atoms with Crippen LogP contribution in [-0.2, 0) is 44.9 Å². The number of amides is 6. The zero-order valence-corrected chi connectivity index (χ0v) is 40.7. The fraction of sp³-hybridized carbons (Fsp3) is 0.412. The number of halogens is 3. The van der Waals surface area contributed by atoms with Crippen molar-refractivity contribution < 1.29 is 51.8 Å². The predicted octanol–water partition coefficient (Wildman–Crippen LogP) is 4.50. The number of anilines is 2. The molecule has 4 aliphatic heterocycles. The van der Waals surface area contributed by atoms with Gasteiger partial charge in [0.15, 0.2) is 11.5 Å². The van der Waals surface area contributed by atoms with Crippen LogP contribution in [0.4, 0.5) is 24.5 Å². The standard InChI is InChI=1S/C51H54F3N11O9/c1-3-37-44(61-21-23-62(24-22-61)48(72)43-39(66)8-7-18-55-43)49(73)65-50(64(37)29-41(68)56-36-13-11-33(26-30(36)2)51(52,53)54)58-45(59-65)31-16-19-60(20-17-31)42(69)9-5-4-6-25-74-34-12-10-32-28-63(47(71)35(32)27-34)38-14-15-40(67)57-46(38)70/h7-8,10-13,16,18,26-27,38,66H,3-6,9,14-15,17,19-25,28-29H2,1-2H3,(H,56,68)(H,57,67,70). The second-order valence-electron chi connectivity index (χ2n) is 18.6. The summed E-state index contributed by atoms with van der Waals surface area (Å²) in [5.74, 6) is -1.64. The number of benzene rings is 2. The number of aryl methyl sites for hydroxylation is 1. The Bertz CT molecular complexity index is 3160. The van der Waals surface area contributed by atoms with Crippen LogP contribution in [0.3, 0.4) is 0 Å². The van der Waals surface area contributed by atoms with Gasteiger partial charge in [0.2, 0.25) is 29.4 Å². The maximum absolute atomic E-state index is 14.6. The van der Waals surface area contributed by atoms with Crippen molar-refractivity contribution >= 4 is 58.2 Å². The molecule has 6 amide bonds. The van der Waals surface area contributed by atoms with Crippen LogP contribution < -0.4 is 25.8 Å². The minimum Gasteiger partial charge on any atom is -0.505 e. The average Bonchev–Trinajstić information content (AvgIpc) is 3.98. The molecule has 1 atom stereocenters. The number of carbonyl (C=O) groups is 6. The number of nitrogens with zero attached hydrogens (tertiary/aromatic N) is 9. The van der Waals surface area contributed by atoms with Crippen LogP contribution >= 0.6 is 0 Å². The van der Waals surface area contributed by atoms with E-state index in [1.165, 1.54) is 41.1 Å². The number of fused-ring (bicyclic) bond motifs is 2. The van der Waals surface area contributed by atoms with Crippen LogP contribution in [0.1, 0.15) is 101 Å². The van der Waals surface area contributed by atoms with Crippen molar-refractivity contribution in [1.82, 2.24) is 44.2 Å². The molecular formula is C51H54F3N11O9. The van der Waals surface area contributed by atoms with E-state index in [9.17, 15) is 51.8 Å². The largest absolute Gasteiger partial charge is 0.505 e. The number of hydrogen-bond donors (Lipinski definition) is 3. The Labute approximate surface area is 421 Å². The highest BCUT2D eigenvalue weighted by molar-refractivity contribution is 6.05. The Morgan fingerprint density at radius 2 is 1.74 bits per heavy atom. The fourth-order valence-corrected chi connectivity index (χ4v) is 9.85. The van der Waals surface area contributed by atoms with Crippen LogP contribution in [0.15, 0.2) is 65.6 Å². The van der Waals surface area contributed by atoms with Crippen LogP contribution in [0.5, 0.6) is 11.5 Å². The van der Waals surface area contributed by atoms with Crippen molar-refractivity contribution in [2.45, 2.75) is 90.5 Å². The first-order valence-electron chi connectivity index (χ1n) is 24.5. The smallest absolute Gasteiger partial charge is 0.416 e. The molecule has 2 fully saturated rings. The Balaban J connectivity index is 0.847. The van der Waals surface area contributed by atoms with Crippen molar-refractivity contribution in [3.63, 3.8) is 0 Å². The van der Waals surface area contributed by atoms with Crippen LogP contribution in [-0.4, -0.2) is 131 Å². The van der Waals surface area contributed by atoms with Crippen molar-refractivity contribution in [3.8, 4) is 11.5 Å². The van der Waals surface area contributed by atoms with Crippen molar-refractivity contribution in [2.75, 3.05) is 56.1 Å². The summed E-state index contributed by atoms with van der Waals surface area (Å²) in [5.41, 5.74) is 1.54. The lowest BCUT2D eigenvalue weighted by molar-refractivity contribution is -0.138. The van der Waals surface area contributed by atoms with Crippen molar-refractivity contribution in [2.24, 2.45) is 0 Å². The van der Waals surface area contributed by atoms with Gasteiger partial charge in [-0.1, -0.05) is 19.1 Å². The van der Waals surface area contributed by atoms with E-state index < -0.39 is 41.1 Å². The number of ether oxygens (including phenoxy) is 1. The van der Waals surface area contributed by atoms with E-state index in [0.29, 0.717) is 67.8 Å². The van der Waals surface area contributed by atoms with Crippen molar-refractivity contribution in [3.05, 3.63) is 111 Å². The molecule has 0 saturated carbocycles. The highest BCUT2D eigenvalue weighted by atomic mass is 19.4. The minimum absolute atomic E-state index is 0.0354. The number of aromatic hydroxyl groups is 1. The van der Waals surface area contributed by atoms with Crippen LogP contribution in [0.2, 0.25) is 0 Å². The molecule has 388 valence electrons. The van der Waals surface area contributed by atoms with Gasteiger partial charge in [-0.15, -0.1) is 5.10 Å². The highest BCUT2D eigenvalue weighted by Gasteiger charge is 2.39. The third-order valence-electron chi connectivity index (χ3n) is 13.8. The Hall–Kier alpha value is -8.11. The Morgan fingerprint density at radius 3 is 2.45 bits per heavy atom. The molecule has 1 unspecified atom stereocenters. The van der Waals surface area contributed by atoms with Gasteiger partial charge in [-0.25, -0.2) is 4.98 Å². The molecule has 23 heteroatoms. The number of piperidine rings is 1. The van der Waals surface area contributed by atoms with Gasteiger partial charge in [0.25, 0.3) is 17.4 Å². The summed E-state index contributed by atoms with van der Waals surface area (Å²) in [5, 5.41) is 19.9. The molecular weight excluding hydrogens is 968 g/mol. The van der Waals surface area contributed by atoms with Gasteiger partial charge in [-0.3, -0.25) is 38.9 Å². The van der Waals surface area contributed by atoms with Gasteiger partial charge in [0.1, 0.15) is 29.8 Å². The molecule has 5 aromatic rings. The Kier molecular flexibility index (Phi) is 14.5. The van der Waals surface area contributed by atoms with Crippen LogP contribution in [0, 0.1) is 6.92 Å². The van der Waals surface area contributed by atoms with E-state index in [4.69, 9.17) is 9.72 Å². The Morgan fingerprint density at radius 1 is 0.946 bits per heavy atom. The zero-order chi connectivity index (χ0) is 52.4. The number of alkyl halides is 3. The summed E-state index contributed by atoms with van der Waals surface area (Å²) in [6.07, 6.45) is 2.06. The summed E-state index contributed by atoms with van der Waals surface area (Å²) in [6.45, 7) is 4.95. The van der Waals surface area contributed by atoms with Gasteiger partial charge in [0, 0.05) is 76.1 Å². The zero-order valence-electron chi connectivity index (χ0n) is 40.7. The predicted molar refractivity (Wildman–Crippen MR) is 261 cm³/mol. The molecule has 0 aliphatic carbocycles. The molecule has 3 aromatic heterocycles. The maximum Gasteiger partial charge on any atom is 0.416 e. The lowest BCUT2D eigenvalue weighted by Crippen LogP contribution is -2.52. The first kappa shape index (κ1) is 50.8. The quantitative estimate of drug-likeness (QED) is 0.0970. The number of unbranched alkanes of at least 4 members (excludes halogenated alkanes) is 2. The average molecular weight is 1020 g/mol. The number of aromatic nitrogens is 5. The lowest BCUT2D eigenvalue weighted by Gasteiger charge is -2.36.